The molecular weight excluding hydrogens is 761 g/mol. The van der Waals surface area contributed by atoms with Crippen molar-refractivity contribution in [1.29, 1.82) is 0 Å². The van der Waals surface area contributed by atoms with E-state index < -0.39 is 0 Å². The second kappa shape index (κ2) is 15.4. The normalized spacial score (nSPS) is 14.9. The number of allylic oxidation sites excluding steroid dienone is 2. The Labute approximate surface area is 367 Å². The number of benzene rings is 10. The van der Waals surface area contributed by atoms with E-state index in [1.165, 1.54) is 70.9 Å². The highest BCUT2D eigenvalue weighted by Crippen LogP contribution is 2.45. The van der Waals surface area contributed by atoms with Crippen molar-refractivity contribution >= 4 is 65.4 Å². The van der Waals surface area contributed by atoms with Crippen LogP contribution in [-0.2, 0) is 0 Å². The van der Waals surface area contributed by atoms with Crippen molar-refractivity contribution in [3.05, 3.63) is 248 Å². The molecule has 0 fully saturated rings. The molecule has 10 aromatic carbocycles. The molecule has 0 radical (unpaired) electrons. The molecule has 63 heavy (non-hydrogen) atoms. The third-order valence-corrected chi connectivity index (χ3v) is 13.0. The number of anilines is 2. The Bertz CT molecular complexity index is 3490. The van der Waals surface area contributed by atoms with Crippen LogP contribution in [0.4, 0.5) is 11.4 Å². The highest BCUT2D eigenvalue weighted by Gasteiger charge is 2.29. The lowest BCUT2D eigenvalue weighted by Crippen LogP contribution is -2.35. The molecule has 2 heteroatoms. The molecule has 1 aliphatic rings. The first kappa shape index (κ1) is 36.8. The molecule has 1 aliphatic carbocycles. The molecule has 1 aromatic heterocycles. The molecule has 296 valence electrons. The molecule has 0 spiro atoms. The topological polar surface area (TPSA) is 16.1 Å². The summed E-state index contributed by atoms with van der Waals surface area (Å²) in [6, 6.07) is 79.8. The van der Waals surface area contributed by atoms with Crippen molar-refractivity contribution in [2.75, 3.05) is 4.90 Å². The Morgan fingerprint density at radius 1 is 0.317 bits per heavy atom. The standard InChI is InChI=1S/C61H42N2/c1-4-18-41(19-5-1)45-36-46(42-20-6-2-7-21-42)38-48(37-45)63(60-31-17-15-24-49(60)43-22-8-3-9-23-43)47-33-35-54-53-34-32-44(39-57(53)50-25-10-11-26-51(50)58(54)40-47)61-56-29-13-12-27-52(56)55-28-14-16-30-59(55)62-61/h1-40,49,60H. The minimum absolute atomic E-state index is 0.00283. The third kappa shape index (κ3) is 6.47. The van der Waals surface area contributed by atoms with E-state index in [4.69, 9.17) is 4.98 Å². The van der Waals surface area contributed by atoms with Crippen molar-refractivity contribution in [3.63, 3.8) is 0 Å². The van der Waals surface area contributed by atoms with Gasteiger partial charge in [-0.05, 0) is 108 Å². The molecule has 2 atom stereocenters. The fourth-order valence-electron chi connectivity index (χ4n) is 10.0. The zero-order valence-corrected chi connectivity index (χ0v) is 34.6. The van der Waals surface area contributed by atoms with E-state index in [9.17, 15) is 0 Å². The van der Waals surface area contributed by atoms with E-state index in [1.54, 1.807) is 0 Å². The van der Waals surface area contributed by atoms with Crippen LogP contribution in [0.2, 0.25) is 0 Å². The van der Waals surface area contributed by atoms with Gasteiger partial charge >= 0.3 is 0 Å². The summed E-state index contributed by atoms with van der Waals surface area (Å²) in [5.74, 6) is 0.124. The van der Waals surface area contributed by atoms with Gasteiger partial charge in [-0.2, -0.15) is 0 Å². The van der Waals surface area contributed by atoms with Crippen molar-refractivity contribution in [2.24, 2.45) is 0 Å². The minimum atomic E-state index is 0.00283. The quantitative estimate of drug-likeness (QED) is 0.149. The molecule has 0 bridgehead atoms. The zero-order valence-electron chi connectivity index (χ0n) is 34.6. The summed E-state index contributed by atoms with van der Waals surface area (Å²) in [4.78, 5) is 7.87. The van der Waals surface area contributed by atoms with Gasteiger partial charge in [-0.15, -0.1) is 0 Å². The van der Waals surface area contributed by atoms with Crippen LogP contribution in [0.15, 0.2) is 243 Å². The summed E-state index contributed by atoms with van der Waals surface area (Å²) in [6.07, 6.45) is 9.16. The smallest absolute Gasteiger partial charge is 0.0788 e. The second-order valence-electron chi connectivity index (χ2n) is 16.6. The van der Waals surface area contributed by atoms with E-state index in [1.807, 2.05) is 0 Å². The minimum Gasteiger partial charge on any atom is -0.334 e. The lowest BCUT2D eigenvalue weighted by atomic mass is 9.86. The molecule has 2 nitrogen and oxygen atoms in total. The highest BCUT2D eigenvalue weighted by atomic mass is 15.2. The number of hydrogen-bond acceptors (Lipinski definition) is 2. The maximum Gasteiger partial charge on any atom is 0.0788 e. The fourth-order valence-corrected chi connectivity index (χ4v) is 10.0. The Balaban J connectivity index is 1.08. The van der Waals surface area contributed by atoms with Gasteiger partial charge in [0.2, 0.25) is 0 Å². The molecule has 0 saturated carbocycles. The van der Waals surface area contributed by atoms with Gasteiger partial charge in [-0.25, -0.2) is 4.98 Å². The Morgan fingerprint density at radius 2 is 0.825 bits per heavy atom. The summed E-state index contributed by atoms with van der Waals surface area (Å²) < 4.78 is 0. The first-order valence-corrected chi connectivity index (χ1v) is 21.9. The zero-order chi connectivity index (χ0) is 41.7. The van der Waals surface area contributed by atoms with Crippen LogP contribution in [0.1, 0.15) is 11.5 Å². The van der Waals surface area contributed by atoms with Crippen molar-refractivity contribution in [3.8, 4) is 33.5 Å². The number of rotatable bonds is 7. The molecule has 2 unspecified atom stereocenters. The van der Waals surface area contributed by atoms with Crippen molar-refractivity contribution in [2.45, 2.75) is 12.0 Å². The second-order valence-corrected chi connectivity index (χ2v) is 16.6. The van der Waals surface area contributed by atoms with E-state index in [-0.39, 0.29) is 12.0 Å². The van der Waals surface area contributed by atoms with Gasteiger partial charge in [0.1, 0.15) is 0 Å². The fraction of sp³-hybridized carbons (Fsp3) is 0.0328. The van der Waals surface area contributed by atoms with E-state index in [0.717, 1.165) is 33.5 Å². The van der Waals surface area contributed by atoms with Crippen LogP contribution < -0.4 is 4.90 Å². The summed E-state index contributed by atoms with van der Waals surface area (Å²) in [7, 11) is 0. The number of pyridine rings is 1. The molecule has 12 rings (SSSR count). The van der Waals surface area contributed by atoms with Crippen LogP contribution in [0.25, 0.3) is 87.5 Å². The maximum absolute atomic E-state index is 5.29. The van der Waals surface area contributed by atoms with Crippen LogP contribution in [-0.4, -0.2) is 11.0 Å². The monoisotopic (exact) mass is 802 g/mol. The van der Waals surface area contributed by atoms with E-state index >= 15 is 0 Å². The summed E-state index contributed by atoms with van der Waals surface area (Å²) in [5.41, 5.74) is 11.5. The average molecular weight is 803 g/mol. The number of aromatic nitrogens is 1. The number of fused-ring (bicyclic) bond motifs is 9. The maximum atomic E-state index is 5.29. The third-order valence-electron chi connectivity index (χ3n) is 13.0. The first-order chi connectivity index (χ1) is 31.2. The van der Waals surface area contributed by atoms with Crippen LogP contribution in [0.3, 0.4) is 0 Å². The highest BCUT2D eigenvalue weighted by molar-refractivity contribution is 6.26. The molecule has 0 aliphatic heterocycles. The number of para-hydroxylation sites is 1. The molecule has 1 heterocycles. The van der Waals surface area contributed by atoms with Gasteiger partial charge in [-0.3, -0.25) is 0 Å². The predicted molar refractivity (Wildman–Crippen MR) is 268 cm³/mol. The first-order valence-electron chi connectivity index (χ1n) is 21.9. The van der Waals surface area contributed by atoms with Gasteiger partial charge in [0.15, 0.2) is 0 Å². The van der Waals surface area contributed by atoms with Gasteiger partial charge in [-0.1, -0.05) is 200 Å². The summed E-state index contributed by atoms with van der Waals surface area (Å²) >= 11 is 0. The molecule has 0 saturated heterocycles. The van der Waals surface area contributed by atoms with Gasteiger partial charge < -0.3 is 4.90 Å². The Morgan fingerprint density at radius 3 is 1.49 bits per heavy atom. The Kier molecular flexibility index (Phi) is 9.01. The van der Waals surface area contributed by atoms with E-state index in [2.05, 4.69) is 248 Å². The molecule has 0 amide bonds. The van der Waals surface area contributed by atoms with Crippen LogP contribution >= 0.6 is 0 Å². The average Bonchev–Trinajstić information content (AvgIpc) is 3.37. The predicted octanol–water partition coefficient (Wildman–Crippen LogP) is 16.3. The van der Waals surface area contributed by atoms with Gasteiger partial charge in [0.25, 0.3) is 0 Å². The number of nitrogens with zero attached hydrogens (tertiary/aromatic N) is 2. The Hall–Kier alpha value is -8.07. The summed E-state index contributed by atoms with van der Waals surface area (Å²) in [5, 5.41) is 11.0. The lowest BCUT2D eigenvalue weighted by Gasteiger charge is -2.38. The number of hydrogen-bond donors (Lipinski definition) is 0. The van der Waals surface area contributed by atoms with Gasteiger partial charge in [0, 0.05) is 33.6 Å². The van der Waals surface area contributed by atoms with E-state index in [0.29, 0.717) is 0 Å². The largest absolute Gasteiger partial charge is 0.334 e. The molecule has 0 N–H and O–H groups in total. The molecule has 11 aromatic rings. The lowest BCUT2D eigenvalue weighted by molar-refractivity contribution is 0.690. The molecular formula is C61H42N2. The van der Waals surface area contributed by atoms with Crippen molar-refractivity contribution in [1.82, 2.24) is 4.98 Å². The summed E-state index contributed by atoms with van der Waals surface area (Å²) in [6.45, 7) is 0. The van der Waals surface area contributed by atoms with Gasteiger partial charge in [0.05, 0.1) is 17.3 Å². The van der Waals surface area contributed by atoms with Crippen LogP contribution in [0.5, 0.6) is 0 Å². The van der Waals surface area contributed by atoms with Crippen molar-refractivity contribution < 1.29 is 0 Å². The SMILES string of the molecule is C1=CC(c2ccccc2)C(N(c2cc(-c3ccccc3)cc(-c3ccccc3)c2)c2ccc3c4ccc(-c5nc6ccccc6c6ccccc56)cc4c4ccccc4c3c2)C=C1. The van der Waals surface area contributed by atoms with Crippen LogP contribution in [0, 0.1) is 0 Å².